The maximum Gasteiger partial charge on any atom is 0.326 e. The van der Waals surface area contributed by atoms with E-state index in [0.29, 0.717) is 30.1 Å². The van der Waals surface area contributed by atoms with Gasteiger partial charge in [0.05, 0.1) is 13.2 Å². The van der Waals surface area contributed by atoms with E-state index in [1.54, 1.807) is 12.1 Å². The lowest BCUT2D eigenvalue weighted by Crippen LogP contribution is -2.45. The Hall–Kier alpha value is -3.46. The molecule has 1 heterocycles. The first kappa shape index (κ1) is 22.2. The van der Waals surface area contributed by atoms with Gasteiger partial charge in [-0.1, -0.05) is 0 Å². The molecule has 1 aliphatic rings. The van der Waals surface area contributed by atoms with Crippen LogP contribution in [0.3, 0.4) is 0 Å². The molecule has 9 heteroatoms. The molecule has 0 unspecified atom stereocenters. The van der Waals surface area contributed by atoms with Crippen LogP contribution in [0.15, 0.2) is 48.5 Å². The lowest BCUT2D eigenvalue weighted by Gasteiger charge is -2.21. The number of hydrogen-bond donors (Lipinski definition) is 2. The second kappa shape index (κ2) is 10.0. The fourth-order valence-corrected chi connectivity index (χ4v) is 3.46. The summed E-state index contributed by atoms with van der Waals surface area (Å²) in [7, 11) is 1.52. The van der Waals surface area contributed by atoms with Gasteiger partial charge in [-0.15, -0.1) is 0 Å². The highest BCUT2D eigenvalue weighted by atomic mass is 19.1. The summed E-state index contributed by atoms with van der Waals surface area (Å²) in [5, 5.41) is 11.9. The zero-order chi connectivity index (χ0) is 22.4. The molecule has 2 amide bonds. The maximum atomic E-state index is 12.9. The van der Waals surface area contributed by atoms with Gasteiger partial charge in [0, 0.05) is 25.1 Å². The highest BCUT2D eigenvalue weighted by Gasteiger charge is 2.39. The van der Waals surface area contributed by atoms with Gasteiger partial charge in [0.25, 0.3) is 5.91 Å². The number of halogens is 1. The molecule has 0 aromatic heterocycles. The quantitative estimate of drug-likeness (QED) is 0.666. The topological polar surface area (TPSA) is 105 Å². The highest BCUT2D eigenvalue weighted by Crippen LogP contribution is 2.24. The molecule has 3 rings (SSSR count). The minimum atomic E-state index is -1.07. The summed E-state index contributed by atoms with van der Waals surface area (Å²) in [4.78, 5) is 37.6. The number of aliphatic carboxylic acids is 1. The minimum Gasteiger partial charge on any atom is -0.480 e. The van der Waals surface area contributed by atoms with Gasteiger partial charge in [0.15, 0.2) is 0 Å². The van der Waals surface area contributed by atoms with E-state index < -0.39 is 23.8 Å². The summed E-state index contributed by atoms with van der Waals surface area (Å²) in [6.07, 6.45) is 0.318. The first-order valence-corrected chi connectivity index (χ1v) is 9.70. The maximum absolute atomic E-state index is 12.9. The number of ether oxygens (including phenoxy) is 2. The Morgan fingerprint density at radius 1 is 1.10 bits per heavy atom. The molecule has 0 saturated carbocycles. The SMILES string of the molecule is COC[C@@H]1C[C@@H](C(=O)O)N(C(=O)CNC(=O)c2ccc(Oc3ccc(F)cc3)cc2)C1. The number of carbonyl (C=O) groups is 3. The third-order valence-electron chi connectivity index (χ3n) is 4.96. The van der Waals surface area contributed by atoms with E-state index in [9.17, 15) is 23.9 Å². The van der Waals surface area contributed by atoms with E-state index in [4.69, 9.17) is 9.47 Å². The molecular formula is C22H23FN2O6. The molecule has 2 aromatic carbocycles. The van der Waals surface area contributed by atoms with Gasteiger partial charge in [-0.25, -0.2) is 9.18 Å². The standard InChI is InChI=1S/C22H23FN2O6/c1-30-13-14-10-19(22(28)29)25(12-14)20(26)11-24-21(27)15-2-6-17(7-3-15)31-18-8-4-16(23)5-9-18/h2-9,14,19H,10-13H2,1H3,(H,24,27)(H,28,29)/t14-,19+/m1/s1. The van der Waals surface area contributed by atoms with Crippen molar-refractivity contribution in [1.82, 2.24) is 10.2 Å². The Bertz CT molecular complexity index is 932. The van der Waals surface area contributed by atoms with E-state index in [-0.39, 0.29) is 24.8 Å². The van der Waals surface area contributed by atoms with Crippen LogP contribution in [-0.2, 0) is 14.3 Å². The smallest absolute Gasteiger partial charge is 0.326 e. The number of nitrogens with one attached hydrogen (secondary N) is 1. The van der Waals surface area contributed by atoms with Crippen molar-refractivity contribution >= 4 is 17.8 Å². The third-order valence-corrected chi connectivity index (χ3v) is 4.96. The van der Waals surface area contributed by atoms with Gasteiger partial charge >= 0.3 is 5.97 Å². The summed E-state index contributed by atoms with van der Waals surface area (Å²) >= 11 is 0. The van der Waals surface area contributed by atoms with Crippen molar-refractivity contribution in [2.45, 2.75) is 12.5 Å². The van der Waals surface area contributed by atoms with Gasteiger partial charge in [-0.2, -0.15) is 0 Å². The number of benzene rings is 2. The predicted molar refractivity (Wildman–Crippen MR) is 108 cm³/mol. The first-order chi connectivity index (χ1) is 14.9. The molecule has 1 aliphatic heterocycles. The molecule has 1 saturated heterocycles. The van der Waals surface area contributed by atoms with Crippen LogP contribution in [0.1, 0.15) is 16.8 Å². The van der Waals surface area contributed by atoms with Gasteiger partial charge in [0.1, 0.15) is 23.4 Å². The van der Waals surface area contributed by atoms with E-state index >= 15 is 0 Å². The highest BCUT2D eigenvalue weighted by molar-refractivity contribution is 5.97. The average molecular weight is 430 g/mol. The van der Waals surface area contributed by atoms with Crippen molar-refractivity contribution in [2.75, 3.05) is 26.8 Å². The molecule has 2 N–H and O–H groups in total. The Labute approximate surface area is 178 Å². The van der Waals surface area contributed by atoms with Crippen LogP contribution in [0.4, 0.5) is 4.39 Å². The van der Waals surface area contributed by atoms with Gasteiger partial charge in [-0.05, 0) is 55.0 Å². The van der Waals surface area contributed by atoms with Crippen LogP contribution in [0.5, 0.6) is 11.5 Å². The second-order valence-electron chi connectivity index (χ2n) is 7.22. The van der Waals surface area contributed by atoms with Crippen LogP contribution in [0, 0.1) is 11.7 Å². The Morgan fingerprint density at radius 3 is 2.29 bits per heavy atom. The molecule has 2 atom stereocenters. The minimum absolute atomic E-state index is 0.0561. The zero-order valence-corrected chi connectivity index (χ0v) is 16.9. The number of carbonyl (C=O) groups excluding carboxylic acids is 2. The van der Waals surface area contributed by atoms with Crippen LogP contribution < -0.4 is 10.1 Å². The number of methoxy groups -OCH3 is 1. The second-order valence-corrected chi connectivity index (χ2v) is 7.22. The van der Waals surface area contributed by atoms with E-state index in [1.807, 2.05) is 0 Å². The molecule has 2 aromatic rings. The number of hydrogen-bond acceptors (Lipinski definition) is 5. The van der Waals surface area contributed by atoms with Gasteiger partial charge in [-0.3, -0.25) is 9.59 Å². The summed E-state index contributed by atoms with van der Waals surface area (Å²) in [6.45, 7) is 0.331. The molecule has 8 nitrogen and oxygen atoms in total. The monoisotopic (exact) mass is 430 g/mol. The number of carboxylic acids is 1. The van der Waals surface area contributed by atoms with Crippen LogP contribution in [0.25, 0.3) is 0 Å². The summed E-state index contributed by atoms with van der Waals surface area (Å²) in [5.74, 6) is -1.52. The lowest BCUT2D eigenvalue weighted by molar-refractivity contribution is -0.147. The number of rotatable bonds is 8. The number of likely N-dealkylation sites (tertiary alicyclic amines) is 1. The van der Waals surface area contributed by atoms with Crippen LogP contribution >= 0.6 is 0 Å². The summed E-state index contributed by atoms with van der Waals surface area (Å²) in [5.41, 5.74) is 0.313. The number of amides is 2. The lowest BCUT2D eigenvalue weighted by atomic mass is 10.1. The zero-order valence-electron chi connectivity index (χ0n) is 16.9. The third kappa shape index (κ3) is 5.79. The van der Waals surface area contributed by atoms with Crippen molar-refractivity contribution in [1.29, 1.82) is 0 Å². The first-order valence-electron chi connectivity index (χ1n) is 9.70. The van der Waals surface area contributed by atoms with Gasteiger partial charge in [0.2, 0.25) is 5.91 Å². The average Bonchev–Trinajstić information content (AvgIpc) is 3.19. The Morgan fingerprint density at radius 2 is 1.71 bits per heavy atom. The number of nitrogens with zero attached hydrogens (tertiary/aromatic N) is 1. The normalized spacial score (nSPS) is 17.9. The molecule has 1 fully saturated rings. The molecule has 0 radical (unpaired) electrons. The van der Waals surface area contributed by atoms with Crippen LogP contribution in [0.2, 0.25) is 0 Å². The Kier molecular flexibility index (Phi) is 7.19. The molecule has 0 bridgehead atoms. The van der Waals surface area contributed by atoms with E-state index in [2.05, 4.69) is 5.32 Å². The van der Waals surface area contributed by atoms with Crippen molar-refractivity contribution in [3.05, 3.63) is 59.9 Å². The number of carboxylic acid groups (broad SMARTS) is 1. The van der Waals surface area contributed by atoms with Crippen molar-refractivity contribution in [2.24, 2.45) is 5.92 Å². The fourth-order valence-electron chi connectivity index (χ4n) is 3.46. The van der Waals surface area contributed by atoms with E-state index in [0.717, 1.165) is 0 Å². The van der Waals surface area contributed by atoms with Crippen LogP contribution in [-0.4, -0.2) is 60.6 Å². The predicted octanol–water partition coefficient (Wildman–Crippen LogP) is 2.30. The molecular weight excluding hydrogens is 407 g/mol. The fraction of sp³-hybridized carbons (Fsp3) is 0.318. The molecule has 0 aliphatic carbocycles. The van der Waals surface area contributed by atoms with Gasteiger partial charge < -0.3 is 24.8 Å². The summed E-state index contributed by atoms with van der Waals surface area (Å²) < 4.78 is 23.6. The van der Waals surface area contributed by atoms with Crippen molar-refractivity contribution in [3.8, 4) is 11.5 Å². The van der Waals surface area contributed by atoms with E-state index in [1.165, 1.54) is 48.4 Å². The largest absolute Gasteiger partial charge is 0.480 e. The Balaban J connectivity index is 1.54. The summed E-state index contributed by atoms with van der Waals surface area (Å²) in [6, 6.07) is 10.8. The molecule has 0 spiro atoms. The van der Waals surface area contributed by atoms with Crippen molar-refractivity contribution < 1.29 is 33.4 Å². The molecule has 164 valence electrons. The molecule has 31 heavy (non-hydrogen) atoms. The van der Waals surface area contributed by atoms with Crippen molar-refractivity contribution in [3.63, 3.8) is 0 Å².